The quantitative estimate of drug-likeness (QED) is 0.553. The van der Waals surface area contributed by atoms with Crippen LogP contribution >= 0.6 is 0 Å². The van der Waals surface area contributed by atoms with Crippen molar-refractivity contribution in [2.24, 2.45) is 11.5 Å². The van der Waals surface area contributed by atoms with E-state index in [4.69, 9.17) is 11.5 Å². The summed E-state index contributed by atoms with van der Waals surface area (Å²) in [7, 11) is 0. The van der Waals surface area contributed by atoms with E-state index in [1.54, 1.807) is 0 Å². The van der Waals surface area contributed by atoms with Crippen LogP contribution in [0.2, 0.25) is 0 Å². The molecule has 0 fully saturated rings. The Morgan fingerprint density at radius 1 is 1.57 bits per heavy atom. The van der Waals surface area contributed by atoms with Gasteiger partial charge in [0.15, 0.2) is 0 Å². The zero-order valence-electron chi connectivity index (χ0n) is 7.31. The zero-order valence-corrected chi connectivity index (χ0v) is 7.31. The molecular formula is C8H10FN3O2. The van der Waals surface area contributed by atoms with Crippen molar-refractivity contribution in [2.45, 2.75) is 6.04 Å². The summed E-state index contributed by atoms with van der Waals surface area (Å²) in [5.41, 5.74) is 10.6. The Morgan fingerprint density at radius 3 is 2.71 bits per heavy atom. The molecule has 0 amide bonds. The third-order valence-corrected chi connectivity index (χ3v) is 1.84. The van der Waals surface area contributed by atoms with E-state index >= 15 is 0 Å². The minimum atomic E-state index is -0.713. The summed E-state index contributed by atoms with van der Waals surface area (Å²) in [6.07, 6.45) is 0. The molecule has 0 aromatic heterocycles. The van der Waals surface area contributed by atoms with Crippen LogP contribution < -0.4 is 11.5 Å². The molecule has 0 spiro atoms. The fourth-order valence-electron chi connectivity index (χ4n) is 1.06. The number of nitrogens with zero attached hydrogens (tertiary/aromatic N) is 1. The summed E-state index contributed by atoms with van der Waals surface area (Å²) < 4.78 is 13.1. The van der Waals surface area contributed by atoms with Crippen molar-refractivity contribution in [3.8, 4) is 0 Å². The second-order valence-electron chi connectivity index (χ2n) is 2.81. The van der Waals surface area contributed by atoms with Crippen LogP contribution in [0.1, 0.15) is 11.6 Å². The molecule has 1 aromatic carbocycles. The van der Waals surface area contributed by atoms with Gasteiger partial charge in [-0.1, -0.05) is 0 Å². The van der Waals surface area contributed by atoms with Crippen LogP contribution in [0.3, 0.4) is 0 Å². The maximum atomic E-state index is 13.1. The van der Waals surface area contributed by atoms with Gasteiger partial charge in [-0.25, -0.2) is 4.39 Å². The lowest BCUT2D eigenvalue weighted by atomic mass is 10.1. The van der Waals surface area contributed by atoms with Gasteiger partial charge in [0.2, 0.25) is 0 Å². The normalized spacial score (nSPS) is 12.5. The number of hydrogen-bond donors (Lipinski definition) is 2. The van der Waals surface area contributed by atoms with E-state index in [-0.39, 0.29) is 17.8 Å². The van der Waals surface area contributed by atoms with E-state index in [9.17, 15) is 14.5 Å². The Kier molecular flexibility index (Phi) is 3.10. The van der Waals surface area contributed by atoms with Gasteiger partial charge in [0.25, 0.3) is 5.69 Å². The topological polar surface area (TPSA) is 95.2 Å². The van der Waals surface area contributed by atoms with Crippen LogP contribution in [0, 0.1) is 15.9 Å². The molecule has 1 atom stereocenters. The highest BCUT2D eigenvalue weighted by Gasteiger charge is 2.14. The van der Waals surface area contributed by atoms with Gasteiger partial charge in [-0.2, -0.15) is 0 Å². The van der Waals surface area contributed by atoms with E-state index in [1.165, 1.54) is 0 Å². The first-order chi connectivity index (χ1) is 6.56. The first-order valence-electron chi connectivity index (χ1n) is 3.95. The highest BCUT2D eigenvalue weighted by molar-refractivity contribution is 5.36. The molecule has 1 rings (SSSR count). The molecule has 76 valence electrons. The van der Waals surface area contributed by atoms with Crippen LogP contribution in [0.15, 0.2) is 18.2 Å². The Bertz CT molecular complexity index is 356. The monoisotopic (exact) mass is 199 g/mol. The minimum Gasteiger partial charge on any atom is -0.329 e. The molecule has 0 unspecified atom stereocenters. The van der Waals surface area contributed by atoms with Crippen LogP contribution in [0.25, 0.3) is 0 Å². The summed E-state index contributed by atoms with van der Waals surface area (Å²) in [5, 5.41) is 10.4. The van der Waals surface area contributed by atoms with Gasteiger partial charge < -0.3 is 11.5 Å². The van der Waals surface area contributed by atoms with Gasteiger partial charge in [-0.15, -0.1) is 0 Å². The van der Waals surface area contributed by atoms with Gasteiger partial charge in [0, 0.05) is 30.3 Å². The van der Waals surface area contributed by atoms with Gasteiger partial charge in [0.05, 0.1) is 4.92 Å². The summed E-state index contributed by atoms with van der Waals surface area (Å²) in [6, 6.07) is 2.49. The highest BCUT2D eigenvalue weighted by Crippen LogP contribution is 2.20. The Balaban J connectivity index is 3.14. The van der Waals surface area contributed by atoms with Crippen molar-refractivity contribution in [3.63, 3.8) is 0 Å². The standard InChI is InChI=1S/C8H10FN3O2/c9-7-2-1-5(12(13)14)3-6(7)8(11)4-10/h1-3,8H,4,10-11H2/t8-/m1/s1. The highest BCUT2D eigenvalue weighted by atomic mass is 19.1. The van der Waals surface area contributed by atoms with Crippen LogP contribution in [0.4, 0.5) is 10.1 Å². The third kappa shape index (κ3) is 2.04. The van der Waals surface area contributed by atoms with Gasteiger partial charge in [0.1, 0.15) is 5.82 Å². The van der Waals surface area contributed by atoms with Crippen molar-refractivity contribution < 1.29 is 9.31 Å². The molecule has 5 nitrogen and oxygen atoms in total. The predicted molar refractivity (Wildman–Crippen MR) is 49.0 cm³/mol. The zero-order chi connectivity index (χ0) is 10.7. The number of nitrogens with two attached hydrogens (primary N) is 2. The smallest absolute Gasteiger partial charge is 0.269 e. The molecule has 0 aliphatic rings. The fraction of sp³-hybridized carbons (Fsp3) is 0.250. The Morgan fingerprint density at radius 2 is 2.21 bits per heavy atom. The average Bonchev–Trinajstić information content (AvgIpc) is 2.17. The molecule has 4 N–H and O–H groups in total. The molecule has 6 heteroatoms. The molecule has 14 heavy (non-hydrogen) atoms. The first kappa shape index (κ1) is 10.6. The second-order valence-corrected chi connectivity index (χ2v) is 2.81. The molecule has 0 aliphatic carbocycles. The number of nitro benzene ring substituents is 1. The fourth-order valence-corrected chi connectivity index (χ4v) is 1.06. The van der Waals surface area contributed by atoms with Crippen molar-refractivity contribution in [3.05, 3.63) is 39.7 Å². The number of rotatable bonds is 3. The van der Waals surface area contributed by atoms with Crippen LogP contribution in [-0.4, -0.2) is 11.5 Å². The first-order valence-corrected chi connectivity index (χ1v) is 3.95. The second kappa shape index (κ2) is 4.12. The van der Waals surface area contributed by atoms with Crippen molar-refractivity contribution in [1.82, 2.24) is 0 Å². The van der Waals surface area contributed by atoms with E-state index < -0.39 is 16.8 Å². The lowest BCUT2D eigenvalue weighted by Gasteiger charge is -2.09. The van der Waals surface area contributed by atoms with E-state index in [1.807, 2.05) is 0 Å². The number of non-ortho nitro benzene ring substituents is 1. The van der Waals surface area contributed by atoms with E-state index in [0.29, 0.717) is 0 Å². The average molecular weight is 199 g/mol. The van der Waals surface area contributed by atoms with E-state index in [0.717, 1.165) is 18.2 Å². The Hall–Kier alpha value is -1.53. The Labute approximate surface area is 79.7 Å². The molecule has 0 aliphatic heterocycles. The third-order valence-electron chi connectivity index (χ3n) is 1.84. The maximum Gasteiger partial charge on any atom is 0.269 e. The number of halogens is 1. The molecule has 0 heterocycles. The van der Waals surface area contributed by atoms with Gasteiger partial charge in [-0.3, -0.25) is 10.1 Å². The van der Waals surface area contributed by atoms with E-state index in [2.05, 4.69) is 0 Å². The summed E-state index contributed by atoms with van der Waals surface area (Å²) in [6.45, 7) is 0.0398. The SMILES string of the molecule is NC[C@@H](N)c1cc([N+](=O)[O-])ccc1F. The van der Waals surface area contributed by atoms with Crippen molar-refractivity contribution in [2.75, 3.05) is 6.54 Å². The molecule has 0 saturated heterocycles. The number of benzene rings is 1. The van der Waals surface area contributed by atoms with Crippen molar-refractivity contribution >= 4 is 5.69 Å². The largest absolute Gasteiger partial charge is 0.329 e. The van der Waals surface area contributed by atoms with Gasteiger partial charge >= 0.3 is 0 Å². The van der Waals surface area contributed by atoms with Crippen LogP contribution in [0.5, 0.6) is 0 Å². The maximum absolute atomic E-state index is 13.1. The van der Waals surface area contributed by atoms with Crippen molar-refractivity contribution in [1.29, 1.82) is 0 Å². The summed E-state index contributed by atoms with van der Waals surface area (Å²) >= 11 is 0. The minimum absolute atomic E-state index is 0.0398. The number of hydrogen-bond acceptors (Lipinski definition) is 4. The predicted octanol–water partition coefficient (Wildman–Crippen LogP) is 0.692. The summed E-state index contributed by atoms with van der Waals surface area (Å²) in [4.78, 5) is 9.78. The lowest BCUT2D eigenvalue weighted by molar-refractivity contribution is -0.385. The lowest BCUT2D eigenvalue weighted by Crippen LogP contribution is -2.21. The molecule has 0 saturated carbocycles. The van der Waals surface area contributed by atoms with Gasteiger partial charge in [-0.05, 0) is 6.07 Å². The molecule has 0 radical (unpaired) electrons. The number of nitro groups is 1. The van der Waals surface area contributed by atoms with Crippen LogP contribution in [-0.2, 0) is 0 Å². The molecule has 1 aromatic rings. The summed E-state index contributed by atoms with van der Waals surface area (Å²) in [5.74, 6) is -0.575. The molecule has 0 bridgehead atoms. The molecular weight excluding hydrogens is 189 g/mol.